The fraction of sp³-hybridized carbons (Fsp3) is 0.625. The number of aliphatic hydroxyl groups is 2. The van der Waals surface area contributed by atoms with Crippen molar-refractivity contribution in [2.75, 3.05) is 36.8 Å². The molecule has 0 radical (unpaired) electrons. The molecule has 1 atom stereocenters. The maximum atomic E-state index is 9.23. The summed E-state index contributed by atoms with van der Waals surface area (Å²) >= 11 is 1.22. The van der Waals surface area contributed by atoms with Crippen LogP contribution in [0.25, 0.3) is 0 Å². The van der Waals surface area contributed by atoms with Crippen molar-refractivity contribution in [1.82, 2.24) is 15.0 Å². The van der Waals surface area contributed by atoms with Crippen LogP contribution in [0.2, 0.25) is 0 Å². The highest BCUT2D eigenvalue weighted by atomic mass is 32.2. The molecule has 1 aromatic rings. The molecular formula is C8H16N6O2S. The van der Waals surface area contributed by atoms with Gasteiger partial charge >= 0.3 is 0 Å². The molecule has 0 saturated carbocycles. The van der Waals surface area contributed by atoms with E-state index in [2.05, 4.69) is 20.4 Å². The van der Waals surface area contributed by atoms with Crippen molar-refractivity contribution in [3.8, 4) is 0 Å². The van der Waals surface area contributed by atoms with Crippen LogP contribution in [0.4, 0.5) is 11.9 Å². The van der Waals surface area contributed by atoms with Crippen LogP contribution in [0, 0.1) is 0 Å². The number of nitrogens with two attached hydrogens (primary N) is 1. The van der Waals surface area contributed by atoms with Crippen LogP contribution in [-0.2, 0) is 0 Å². The number of anilines is 2. The van der Waals surface area contributed by atoms with Crippen LogP contribution in [0.15, 0.2) is 5.16 Å². The van der Waals surface area contributed by atoms with Gasteiger partial charge in [-0.3, -0.25) is 5.43 Å². The fourth-order valence-electron chi connectivity index (χ4n) is 0.898. The fourth-order valence-corrected chi connectivity index (χ4v) is 1.64. The second-order valence-electron chi connectivity index (χ2n) is 3.43. The zero-order valence-corrected chi connectivity index (χ0v) is 10.5. The summed E-state index contributed by atoms with van der Waals surface area (Å²) in [6.45, 7) is -0.291. The monoisotopic (exact) mass is 260 g/mol. The zero-order chi connectivity index (χ0) is 12.8. The maximum absolute atomic E-state index is 9.23. The predicted octanol–water partition coefficient (Wildman–Crippen LogP) is -1.33. The first-order valence-corrected chi connectivity index (χ1v) is 5.87. The minimum atomic E-state index is -0.797. The van der Waals surface area contributed by atoms with Crippen molar-refractivity contribution in [3.63, 3.8) is 0 Å². The van der Waals surface area contributed by atoms with Gasteiger partial charge in [-0.15, -0.1) is 0 Å². The Morgan fingerprint density at radius 1 is 1.41 bits per heavy atom. The average Bonchev–Trinajstić information content (AvgIpc) is 2.35. The summed E-state index contributed by atoms with van der Waals surface area (Å²) in [6.07, 6.45) is -0.797. The first-order valence-electron chi connectivity index (χ1n) is 4.88. The Labute approximate surface area is 103 Å². The van der Waals surface area contributed by atoms with E-state index in [4.69, 9.17) is 10.9 Å². The average molecular weight is 260 g/mol. The van der Waals surface area contributed by atoms with Crippen LogP contribution >= 0.6 is 11.8 Å². The molecule has 1 rings (SSSR count). The molecule has 0 spiro atoms. The molecule has 0 aliphatic rings. The standard InChI is InChI=1S/C8H16N6O2S/c1-14(2)7-10-6(13-9)11-8(12-7)17-4-5(16)3-15/h5,15-16H,3-4,9H2,1-2H3,(H,10,11,12,13). The van der Waals surface area contributed by atoms with Crippen molar-refractivity contribution in [3.05, 3.63) is 0 Å². The predicted molar refractivity (Wildman–Crippen MR) is 65.8 cm³/mol. The molecule has 0 aliphatic heterocycles. The first-order chi connectivity index (χ1) is 8.06. The van der Waals surface area contributed by atoms with E-state index in [-0.39, 0.29) is 12.6 Å². The van der Waals surface area contributed by atoms with E-state index in [1.54, 1.807) is 19.0 Å². The number of nitrogens with zero attached hydrogens (tertiary/aromatic N) is 4. The third-order valence-corrected chi connectivity index (χ3v) is 2.74. The molecule has 5 N–H and O–H groups in total. The molecule has 0 aromatic carbocycles. The van der Waals surface area contributed by atoms with Crippen molar-refractivity contribution >= 4 is 23.7 Å². The summed E-state index contributed by atoms with van der Waals surface area (Å²) < 4.78 is 0. The van der Waals surface area contributed by atoms with Crippen LogP contribution in [0.3, 0.4) is 0 Å². The SMILES string of the molecule is CN(C)c1nc(NN)nc(SCC(O)CO)n1. The van der Waals surface area contributed by atoms with E-state index in [9.17, 15) is 5.11 Å². The lowest BCUT2D eigenvalue weighted by molar-refractivity contribution is 0.113. The van der Waals surface area contributed by atoms with E-state index >= 15 is 0 Å². The lowest BCUT2D eigenvalue weighted by atomic mass is 10.4. The number of hydrazine groups is 1. The van der Waals surface area contributed by atoms with Crippen molar-refractivity contribution in [2.24, 2.45) is 5.84 Å². The number of nitrogens with one attached hydrogen (secondary N) is 1. The van der Waals surface area contributed by atoms with Gasteiger partial charge in [0.2, 0.25) is 11.9 Å². The summed E-state index contributed by atoms with van der Waals surface area (Å²) in [5, 5.41) is 18.4. The van der Waals surface area contributed by atoms with E-state index in [1.165, 1.54) is 11.8 Å². The number of rotatable bonds is 6. The Morgan fingerprint density at radius 3 is 2.65 bits per heavy atom. The Balaban J connectivity index is 2.80. The van der Waals surface area contributed by atoms with Gasteiger partial charge in [0.25, 0.3) is 0 Å². The molecule has 0 bridgehead atoms. The van der Waals surface area contributed by atoms with Gasteiger partial charge in [-0.1, -0.05) is 11.8 Å². The quantitative estimate of drug-likeness (QED) is 0.280. The van der Waals surface area contributed by atoms with Crippen LogP contribution in [0.5, 0.6) is 0 Å². The summed E-state index contributed by atoms with van der Waals surface area (Å²) in [6, 6.07) is 0. The highest BCUT2D eigenvalue weighted by molar-refractivity contribution is 7.99. The van der Waals surface area contributed by atoms with Gasteiger partial charge in [0.15, 0.2) is 5.16 Å². The van der Waals surface area contributed by atoms with E-state index in [1.807, 2.05) is 0 Å². The number of hydrogen-bond donors (Lipinski definition) is 4. The highest BCUT2D eigenvalue weighted by Gasteiger charge is 2.10. The van der Waals surface area contributed by atoms with Crippen LogP contribution in [-0.4, -0.2) is 57.7 Å². The number of hydrogen-bond acceptors (Lipinski definition) is 9. The normalized spacial score (nSPS) is 12.3. The molecule has 1 heterocycles. The van der Waals surface area contributed by atoms with Gasteiger partial charge in [0.05, 0.1) is 12.7 Å². The summed E-state index contributed by atoms with van der Waals surface area (Å²) in [4.78, 5) is 13.9. The largest absolute Gasteiger partial charge is 0.394 e. The first kappa shape index (κ1) is 13.9. The van der Waals surface area contributed by atoms with Crippen LogP contribution < -0.4 is 16.2 Å². The third kappa shape index (κ3) is 4.30. The van der Waals surface area contributed by atoms with Crippen molar-refractivity contribution in [1.29, 1.82) is 0 Å². The number of aliphatic hydroxyl groups excluding tert-OH is 2. The lowest BCUT2D eigenvalue weighted by Gasteiger charge is -2.12. The van der Waals surface area contributed by atoms with Gasteiger partial charge in [-0.2, -0.15) is 15.0 Å². The molecule has 1 unspecified atom stereocenters. The number of thioether (sulfide) groups is 1. The van der Waals surface area contributed by atoms with E-state index < -0.39 is 6.10 Å². The molecule has 1 aromatic heterocycles. The topological polar surface area (TPSA) is 120 Å². The number of aromatic nitrogens is 3. The van der Waals surface area contributed by atoms with Crippen LogP contribution in [0.1, 0.15) is 0 Å². The Kier molecular flexibility index (Phi) is 5.35. The smallest absolute Gasteiger partial charge is 0.242 e. The minimum absolute atomic E-state index is 0.254. The Morgan fingerprint density at radius 2 is 2.12 bits per heavy atom. The van der Waals surface area contributed by atoms with Gasteiger partial charge in [0, 0.05) is 19.8 Å². The second kappa shape index (κ2) is 6.55. The highest BCUT2D eigenvalue weighted by Crippen LogP contribution is 2.17. The summed E-state index contributed by atoms with van der Waals surface area (Å²) in [7, 11) is 3.60. The van der Waals surface area contributed by atoms with Crippen molar-refractivity contribution in [2.45, 2.75) is 11.3 Å². The van der Waals surface area contributed by atoms with E-state index in [0.29, 0.717) is 16.9 Å². The van der Waals surface area contributed by atoms with Gasteiger partial charge in [-0.05, 0) is 0 Å². The second-order valence-corrected chi connectivity index (χ2v) is 4.41. The molecule has 17 heavy (non-hydrogen) atoms. The maximum Gasteiger partial charge on any atom is 0.242 e. The Bertz CT molecular complexity index is 364. The molecule has 0 fully saturated rings. The molecule has 8 nitrogen and oxygen atoms in total. The van der Waals surface area contributed by atoms with Gasteiger partial charge in [0.1, 0.15) is 0 Å². The van der Waals surface area contributed by atoms with Crippen molar-refractivity contribution < 1.29 is 10.2 Å². The number of nitrogen functional groups attached to an aromatic ring is 1. The van der Waals surface area contributed by atoms with E-state index in [0.717, 1.165) is 0 Å². The summed E-state index contributed by atoms with van der Waals surface area (Å²) in [5.41, 5.74) is 2.35. The summed E-state index contributed by atoms with van der Waals surface area (Å²) in [5.74, 6) is 6.27. The molecular weight excluding hydrogens is 244 g/mol. The minimum Gasteiger partial charge on any atom is -0.394 e. The van der Waals surface area contributed by atoms with Gasteiger partial charge < -0.3 is 15.1 Å². The molecule has 0 amide bonds. The lowest BCUT2D eigenvalue weighted by Crippen LogP contribution is -2.19. The molecule has 9 heteroatoms. The van der Waals surface area contributed by atoms with Gasteiger partial charge in [-0.25, -0.2) is 5.84 Å². The zero-order valence-electron chi connectivity index (χ0n) is 9.66. The molecule has 0 saturated heterocycles. The third-order valence-electron chi connectivity index (χ3n) is 1.75. The Hall–Kier alpha value is -1.16. The molecule has 96 valence electrons. The molecule has 0 aliphatic carbocycles.